The number of carbonyl (C=O) groups excluding carboxylic acids is 1. The highest BCUT2D eigenvalue weighted by atomic mass is 16.1. The van der Waals surface area contributed by atoms with Crippen LogP contribution in [-0.2, 0) is 0 Å². The van der Waals surface area contributed by atoms with Crippen LogP contribution in [0, 0.1) is 0 Å². The SMILES string of the molecule is CC(=O)c1ccc2c(c1)c(-c1ccccc1)cc1ccccc12. The molecule has 0 fully saturated rings. The highest BCUT2D eigenvalue weighted by Crippen LogP contribution is 2.35. The van der Waals surface area contributed by atoms with Gasteiger partial charge in [0.2, 0.25) is 0 Å². The molecular weight excluding hydrogens is 280 g/mol. The third-order valence-corrected chi connectivity index (χ3v) is 4.35. The summed E-state index contributed by atoms with van der Waals surface area (Å²) in [6.07, 6.45) is 0. The topological polar surface area (TPSA) is 17.1 Å². The molecule has 0 spiro atoms. The van der Waals surface area contributed by atoms with Crippen molar-refractivity contribution in [2.75, 3.05) is 0 Å². The van der Waals surface area contributed by atoms with Gasteiger partial charge in [-0.1, -0.05) is 66.7 Å². The van der Waals surface area contributed by atoms with Crippen LogP contribution in [-0.4, -0.2) is 5.78 Å². The molecule has 0 bridgehead atoms. The number of benzene rings is 4. The molecule has 0 atom stereocenters. The molecule has 0 saturated heterocycles. The zero-order chi connectivity index (χ0) is 15.8. The Balaban J connectivity index is 2.17. The largest absolute Gasteiger partial charge is 0.295 e. The van der Waals surface area contributed by atoms with Crippen LogP contribution in [0.15, 0.2) is 78.9 Å². The van der Waals surface area contributed by atoms with Gasteiger partial charge in [0.15, 0.2) is 5.78 Å². The summed E-state index contributed by atoms with van der Waals surface area (Å²) in [6, 6.07) is 27.0. The van der Waals surface area contributed by atoms with Gasteiger partial charge in [0.05, 0.1) is 0 Å². The maximum atomic E-state index is 11.8. The summed E-state index contributed by atoms with van der Waals surface area (Å²) in [5.74, 6) is 0.0964. The third-order valence-electron chi connectivity index (χ3n) is 4.35. The monoisotopic (exact) mass is 296 g/mol. The van der Waals surface area contributed by atoms with Gasteiger partial charge in [-0.15, -0.1) is 0 Å². The van der Waals surface area contributed by atoms with Crippen molar-refractivity contribution in [1.82, 2.24) is 0 Å². The standard InChI is InChI=1S/C22H16O/c1-15(23)17-11-12-20-19-10-6-5-9-18(19)14-21(22(20)13-17)16-7-3-2-4-8-16/h2-14H,1H3. The summed E-state index contributed by atoms with van der Waals surface area (Å²) in [5.41, 5.74) is 3.09. The highest BCUT2D eigenvalue weighted by molar-refractivity contribution is 6.15. The van der Waals surface area contributed by atoms with Crippen LogP contribution in [0.25, 0.3) is 32.7 Å². The molecule has 4 aromatic carbocycles. The van der Waals surface area contributed by atoms with E-state index in [1.54, 1.807) is 6.92 Å². The summed E-state index contributed by atoms with van der Waals surface area (Å²) >= 11 is 0. The van der Waals surface area contributed by atoms with Crippen LogP contribution in [0.2, 0.25) is 0 Å². The van der Waals surface area contributed by atoms with Crippen molar-refractivity contribution in [1.29, 1.82) is 0 Å². The molecule has 0 aliphatic heterocycles. The van der Waals surface area contributed by atoms with Crippen LogP contribution >= 0.6 is 0 Å². The van der Waals surface area contributed by atoms with E-state index in [1.165, 1.54) is 27.3 Å². The highest BCUT2D eigenvalue weighted by Gasteiger charge is 2.10. The lowest BCUT2D eigenvalue weighted by molar-refractivity contribution is 0.101. The zero-order valence-electron chi connectivity index (χ0n) is 12.9. The second-order valence-electron chi connectivity index (χ2n) is 5.83. The van der Waals surface area contributed by atoms with E-state index < -0.39 is 0 Å². The molecule has 0 N–H and O–H groups in total. The van der Waals surface area contributed by atoms with Crippen molar-refractivity contribution in [2.45, 2.75) is 6.92 Å². The fraction of sp³-hybridized carbons (Fsp3) is 0.0455. The summed E-state index contributed by atoms with van der Waals surface area (Å²) in [6.45, 7) is 1.62. The Kier molecular flexibility index (Phi) is 3.20. The minimum absolute atomic E-state index is 0.0964. The van der Waals surface area contributed by atoms with Crippen LogP contribution in [0.4, 0.5) is 0 Å². The van der Waals surface area contributed by atoms with Gasteiger partial charge < -0.3 is 0 Å². The number of Topliss-reactive ketones (excluding diaryl/α,β-unsaturated/α-hetero) is 1. The third kappa shape index (κ3) is 2.31. The number of ketones is 1. The molecule has 0 radical (unpaired) electrons. The van der Waals surface area contributed by atoms with Gasteiger partial charge in [-0.25, -0.2) is 0 Å². The van der Waals surface area contributed by atoms with E-state index in [0.29, 0.717) is 0 Å². The molecular formula is C22H16O. The van der Waals surface area contributed by atoms with E-state index in [1.807, 2.05) is 30.3 Å². The average Bonchev–Trinajstić information content (AvgIpc) is 2.61. The summed E-state index contributed by atoms with van der Waals surface area (Å²) in [4.78, 5) is 11.8. The van der Waals surface area contributed by atoms with Gasteiger partial charge in [-0.3, -0.25) is 4.79 Å². The van der Waals surface area contributed by atoms with Crippen molar-refractivity contribution in [3.05, 3.63) is 84.4 Å². The fourth-order valence-corrected chi connectivity index (χ4v) is 3.18. The molecule has 23 heavy (non-hydrogen) atoms. The van der Waals surface area contributed by atoms with Gasteiger partial charge in [-0.05, 0) is 51.7 Å². The number of fused-ring (bicyclic) bond motifs is 3. The predicted molar refractivity (Wildman–Crippen MR) is 96.9 cm³/mol. The first-order chi connectivity index (χ1) is 11.2. The van der Waals surface area contributed by atoms with Gasteiger partial charge in [0.25, 0.3) is 0 Å². The Bertz CT molecular complexity index is 1030. The molecule has 0 unspecified atom stereocenters. The first-order valence-corrected chi connectivity index (χ1v) is 7.76. The van der Waals surface area contributed by atoms with Gasteiger partial charge in [0, 0.05) is 5.56 Å². The Hall–Kier alpha value is -2.93. The average molecular weight is 296 g/mol. The van der Waals surface area contributed by atoms with E-state index >= 15 is 0 Å². The van der Waals surface area contributed by atoms with Crippen molar-refractivity contribution in [2.24, 2.45) is 0 Å². The van der Waals surface area contributed by atoms with Crippen LogP contribution in [0.1, 0.15) is 17.3 Å². The quantitative estimate of drug-likeness (QED) is 0.334. The summed E-state index contributed by atoms with van der Waals surface area (Å²) in [5, 5.41) is 4.75. The predicted octanol–water partition coefficient (Wildman–Crippen LogP) is 5.86. The molecule has 1 nitrogen and oxygen atoms in total. The molecule has 1 heteroatoms. The maximum absolute atomic E-state index is 11.8. The Morgan fingerprint density at radius 2 is 1.43 bits per heavy atom. The fourth-order valence-electron chi connectivity index (χ4n) is 3.18. The molecule has 0 aromatic heterocycles. The molecule has 110 valence electrons. The molecule has 4 aromatic rings. The van der Waals surface area contributed by atoms with E-state index in [0.717, 1.165) is 10.9 Å². The Labute approximate surface area is 135 Å². The first kappa shape index (κ1) is 13.7. The molecule has 0 aliphatic carbocycles. The first-order valence-electron chi connectivity index (χ1n) is 7.76. The lowest BCUT2D eigenvalue weighted by atomic mass is 9.92. The van der Waals surface area contributed by atoms with Gasteiger partial charge >= 0.3 is 0 Å². The van der Waals surface area contributed by atoms with Crippen molar-refractivity contribution >= 4 is 27.3 Å². The second-order valence-corrected chi connectivity index (χ2v) is 5.83. The van der Waals surface area contributed by atoms with E-state index in [9.17, 15) is 4.79 Å². The van der Waals surface area contributed by atoms with Crippen molar-refractivity contribution in [3.63, 3.8) is 0 Å². The molecule has 4 rings (SSSR count). The number of hydrogen-bond donors (Lipinski definition) is 0. The van der Waals surface area contributed by atoms with Crippen molar-refractivity contribution in [3.8, 4) is 11.1 Å². The summed E-state index contributed by atoms with van der Waals surface area (Å²) in [7, 11) is 0. The van der Waals surface area contributed by atoms with E-state index in [2.05, 4.69) is 48.5 Å². The summed E-state index contributed by atoms with van der Waals surface area (Å²) < 4.78 is 0. The van der Waals surface area contributed by atoms with E-state index in [4.69, 9.17) is 0 Å². The second kappa shape index (κ2) is 5.36. The number of rotatable bonds is 2. The maximum Gasteiger partial charge on any atom is 0.159 e. The van der Waals surface area contributed by atoms with Gasteiger partial charge in [-0.2, -0.15) is 0 Å². The molecule has 0 saturated carbocycles. The Morgan fingerprint density at radius 3 is 2.22 bits per heavy atom. The van der Waals surface area contributed by atoms with Crippen LogP contribution in [0.3, 0.4) is 0 Å². The number of carbonyl (C=O) groups is 1. The molecule has 0 aliphatic rings. The zero-order valence-corrected chi connectivity index (χ0v) is 12.9. The number of hydrogen-bond acceptors (Lipinski definition) is 1. The minimum atomic E-state index is 0.0964. The molecule has 0 amide bonds. The molecule has 0 heterocycles. The smallest absolute Gasteiger partial charge is 0.159 e. The lowest BCUT2D eigenvalue weighted by Gasteiger charge is -2.12. The van der Waals surface area contributed by atoms with Crippen molar-refractivity contribution < 1.29 is 4.79 Å². The van der Waals surface area contributed by atoms with Crippen LogP contribution < -0.4 is 0 Å². The van der Waals surface area contributed by atoms with Gasteiger partial charge in [0.1, 0.15) is 0 Å². The van der Waals surface area contributed by atoms with E-state index in [-0.39, 0.29) is 5.78 Å². The Morgan fingerprint density at radius 1 is 0.696 bits per heavy atom. The minimum Gasteiger partial charge on any atom is -0.295 e. The lowest BCUT2D eigenvalue weighted by Crippen LogP contribution is -1.93. The van der Waals surface area contributed by atoms with Crippen LogP contribution in [0.5, 0.6) is 0 Å². The normalized spacial score (nSPS) is 11.0.